The van der Waals surface area contributed by atoms with E-state index in [0.29, 0.717) is 48.0 Å². The van der Waals surface area contributed by atoms with Crippen LogP contribution in [-0.2, 0) is 22.5 Å². The van der Waals surface area contributed by atoms with Gasteiger partial charge in [-0.15, -0.1) is 5.06 Å². The maximum atomic E-state index is 12.7. The van der Waals surface area contributed by atoms with Crippen LogP contribution in [0.2, 0.25) is 10.0 Å². The van der Waals surface area contributed by atoms with Gasteiger partial charge in [-0.3, -0.25) is 0 Å². The molecule has 1 amide bonds. The predicted octanol–water partition coefficient (Wildman–Crippen LogP) is 4.42. The molecular weight excluding hydrogens is 479 g/mol. The fourth-order valence-corrected chi connectivity index (χ4v) is 4.30. The number of hydrogen-bond acceptors (Lipinski definition) is 8. The number of nitriles is 1. The lowest BCUT2D eigenvalue weighted by molar-refractivity contribution is -0.112. The van der Waals surface area contributed by atoms with Crippen molar-refractivity contribution in [2.24, 2.45) is 0 Å². The lowest BCUT2D eigenvalue weighted by Gasteiger charge is -2.28. The lowest BCUT2D eigenvalue weighted by atomic mass is 10.0. The highest BCUT2D eigenvalue weighted by atomic mass is 35.5. The average Bonchev–Trinajstić information content (AvgIpc) is 2.84. The molecule has 4 rings (SSSR count). The van der Waals surface area contributed by atoms with Gasteiger partial charge in [0, 0.05) is 38.4 Å². The Morgan fingerprint density at radius 2 is 2.15 bits per heavy atom. The minimum atomic E-state index is -0.605. The molecule has 0 aliphatic carbocycles. The molecule has 2 aliphatic heterocycles. The summed E-state index contributed by atoms with van der Waals surface area (Å²) in [7, 11) is 0. The number of fused-ring (bicyclic) bond motifs is 1. The smallest absolute Gasteiger partial charge is 0.381 e. The number of ether oxygens (including phenoxy) is 1. The van der Waals surface area contributed by atoms with E-state index in [-0.39, 0.29) is 6.42 Å². The van der Waals surface area contributed by atoms with Crippen LogP contribution in [0.1, 0.15) is 48.5 Å². The molecule has 0 spiro atoms. The van der Waals surface area contributed by atoms with Crippen molar-refractivity contribution < 1.29 is 14.4 Å². The van der Waals surface area contributed by atoms with Crippen LogP contribution in [0.4, 0.5) is 10.7 Å². The summed E-state index contributed by atoms with van der Waals surface area (Å²) in [5, 5.41) is 17.6. The molecule has 0 saturated carbocycles. The van der Waals surface area contributed by atoms with E-state index in [1.54, 1.807) is 23.3 Å². The first-order valence-corrected chi connectivity index (χ1v) is 12.0. The van der Waals surface area contributed by atoms with E-state index in [2.05, 4.69) is 26.7 Å². The Morgan fingerprint density at radius 3 is 2.91 bits per heavy atom. The van der Waals surface area contributed by atoms with Crippen LogP contribution in [0.15, 0.2) is 24.4 Å². The van der Waals surface area contributed by atoms with Gasteiger partial charge in [0.25, 0.3) is 0 Å². The van der Waals surface area contributed by atoms with E-state index in [4.69, 9.17) is 38.0 Å². The second kappa shape index (κ2) is 11.7. The number of rotatable bonds is 7. The number of aromatic nitrogens is 2. The van der Waals surface area contributed by atoms with Gasteiger partial charge >= 0.3 is 6.09 Å². The Bertz CT molecular complexity index is 1060. The second-order valence-corrected chi connectivity index (χ2v) is 9.07. The summed E-state index contributed by atoms with van der Waals surface area (Å²) < 4.78 is 5.40. The van der Waals surface area contributed by atoms with Gasteiger partial charge in [-0.2, -0.15) is 5.26 Å². The monoisotopic (exact) mass is 504 g/mol. The Labute approximate surface area is 208 Å². The molecule has 2 aliphatic rings. The number of carbonyl (C=O) groups excluding carboxylic acids is 1. The summed E-state index contributed by atoms with van der Waals surface area (Å²) in [6.45, 7) is 2.36. The van der Waals surface area contributed by atoms with Crippen molar-refractivity contribution in [2.75, 3.05) is 25.1 Å². The average molecular weight is 505 g/mol. The van der Waals surface area contributed by atoms with E-state index in [1.807, 2.05) is 6.20 Å². The number of hydrogen-bond donors (Lipinski definition) is 2. The highest BCUT2D eigenvalue weighted by Gasteiger charge is 2.24. The zero-order chi connectivity index (χ0) is 23.9. The van der Waals surface area contributed by atoms with Crippen LogP contribution < -0.4 is 10.6 Å². The zero-order valence-electron chi connectivity index (χ0n) is 18.6. The van der Waals surface area contributed by atoms with Crippen molar-refractivity contribution >= 4 is 35.2 Å². The molecule has 1 atom stereocenters. The summed E-state index contributed by atoms with van der Waals surface area (Å²) in [5.74, 6) is 0.577. The molecule has 1 aromatic heterocycles. The molecular formula is C23H26Cl2N6O3. The lowest BCUT2D eigenvalue weighted by Crippen LogP contribution is -2.39. The number of amides is 1. The number of anilines is 1. The number of nitrogens with one attached hydrogen (secondary N) is 2. The first-order valence-electron chi connectivity index (χ1n) is 11.3. The molecule has 0 unspecified atom stereocenters. The van der Waals surface area contributed by atoms with E-state index >= 15 is 0 Å². The molecule has 180 valence electrons. The van der Waals surface area contributed by atoms with Crippen molar-refractivity contribution in [3.63, 3.8) is 0 Å². The largest absolute Gasteiger partial charge is 0.426 e. The fourth-order valence-electron chi connectivity index (χ4n) is 4.00. The molecule has 1 aromatic carbocycles. The van der Waals surface area contributed by atoms with Gasteiger partial charge in [0.05, 0.1) is 34.4 Å². The van der Waals surface area contributed by atoms with Crippen LogP contribution in [0.5, 0.6) is 0 Å². The second-order valence-electron chi connectivity index (χ2n) is 8.26. The predicted molar refractivity (Wildman–Crippen MR) is 127 cm³/mol. The van der Waals surface area contributed by atoms with Crippen LogP contribution in [0, 0.1) is 11.3 Å². The maximum Gasteiger partial charge on any atom is 0.426 e. The molecule has 0 bridgehead atoms. The number of benzene rings is 1. The van der Waals surface area contributed by atoms with Gasteiger partial charge in [-0.25, -0.2) is 14.8 Å². The zero-order valence-corrected chi connectivity index (χ0v) is 20.1. The summed E-state index contributed by atoms with van der Waals surface area (Å²) in [6.07, 6.45) is 4.42. The highest BCUT2D eigenvalue weighted by molar-refractivity contribution is 6.42. The van der Waals surface area contributed by atoms with Crippen LogP contribution in [-0.4, -0.2) is 46.9 Å². The van der Waals surface area contributed by atoms with Gasteiger partial charge in [-0.1, -0.05) is 29.3 Å². The fraction of sp³-hybridized carbons (Fsp3) is 0.478. The first-order chi connectivity index (χ1) is 16.5. The third-order valence-corrected chi connectivity index (χ3v) is 6.60. The van der Waals surface area contributed by atoms with Crippen molar-refractivity contribution in [2.45, 2.75) is 50.7 Å². The minimum absolute atomic E-state index is 0.266. The number of carbonyl (C=O) groups is 1. The van der Waals surface area contributed by atoms with Crippen LogP contribution in [0.25, 0.3) is 0 Å². The van der Waals surface area contributed by atoms with Gasteiger partial charge in [0.2, 0.25) is 5.95 Å². The Hall–Kier alpha value is -2.64. The molecule has 9 nitrogen and oxygen atoms in total. The van der Waals surface area contributed by atoms with Gasteiger partial charge in [0.1, 0.15) is 0 Å². The number of nitrogens with zero attached hydrogens (tertiary/aromatic N) is 4. The maximum absolute atomic E-state index is 12.7. The molecule has 11 heteroatoms. The van der Waals surface area contributed by atoms with Crippen molar-refractivity contribution in [1.29, 1.82) is 5.26 Å². The molecule has 1 saturated heterocycles. The Balaban J connectivity index is 1.37. The quantitative estimate of drug-likeness (QED) is 0.569. The molecule has 1 fully saturated rings. The van der Waals surface area contributed by atoms with E-state index in [1.165, 1.54) is 0 Å². The Kier molecular flexibility index (Phi) is 8.40. The van der Waals surface area contributed by atoms with Gasteiger partial charge < -0.3 is 20.2 Å². The van der Waals surface area contributed by atoms with Crippen molar-refractivity contribution in [3.8, 4) is 6.07 Å². The molecule has 3 heterocycles. The molecule has 2 aromatic rings. The Morgan fingerprint density at radius 1 is 1.32 bits per heavy atom. The van der Waals surface area contributed by atoms with Crippen molar-refractivity contribution in [3.05, 3.63) is 51.3 Å². The topological polar surface area (TPSA) is 112 Å². The normalized spacial score (nSPS) is 17.3. The van der Waals surface area contributed by atoms with Crippen molar-refractivity contribution in [1.82, 2.24) is 20.3 Å². The van der Waals surface area contributed by atoms with E-state index in [9.17, 15) is 4.79 Å². The van der Waals surface area contributed by atoms with Gasteiger partial charge in [0.15, 0.2) is 0 Å². The first kappa shape index (κ1) is 24.5. The summed E-state index contributed by atoms with van der Waals surface area (Å²) in [6, 6.07) is 7.09. The highest BCUT2D eigenvalue weighted by Crippen LogP contribution is 2.28. The van der Waals surface area contributed by atoms with Crippen LogP contribution >= 0.6 is 23.2 Å². The number of halogens is 2. The summed E-state index contributed by atoms with van der Waals surface area (Å²) >= 11 is 12.1. The molecule has 0 radical (unpaired) electrons. The van der Waals surface area contributed by atoms with E-state index < -0.39 is 12.1 Å². The summed E-state index contributed by atoms with van der Waals surface area (Å²) in [4.78, 5) is 27.3. The standard InChI is InChI=1S/C23H26Cl2N6O3/c24-18-4-3-15(12-19(18)25)20(2-1-8-26)30-23(32)34-31-9-5-16-13-27-22(29-21(16)14-31)28-17-6-10-33-11-7-17/h3-4,12-13,17,20H,1-2,5-7,9-11,14H2,(H,30,32)(H,27,28,29)/t20-/m1/s1. The van der Waals surface area contributed by atoms with Crippen LogP contribution in [0.3, 0.4) is 0 Å². The third-order valence-electron chi connectivity index (χ3n) is 5.86. The third kappa shape index (κ3) is 6.48. The number of hydroxylamine groups is 2. The van der Waals surface area contributed by atoms with E-state index in [0.717, 1.165) is 42.9 Å². The minimum Gasteiger partial charge on any atom is -0.381 e. The molecule has 34 heavy (non-hydrogen) atoms. The SMILES string of the molecule is N#CCC[C@@H](NC(=O)ON1CCc2cnc(NC3CCOCC3)nc2C1)c1ccc(Cl)c(Cl)c1. The van der Waals surface area contributed by atoms with Gasteiger partial charge in [-0.05, 0) is 48.9 Å². The molecule has 2 N–H and O–H groups in total. The summed E-state index contributed by atoms with van der Waals surface area (Å²) in [5.41, 5.74) is 2.62.